The van der Waals surface area contributed by atoms with E-state index in [2.05, 4.69) is 310 Å². The van der Waals surface area contributed by atoms with Crippen LogP contribution in [0.15, 0.2) is 164 Å². The van der Waals surface area contributed by atoms with Gasteiger partial charge in [0.25, 0.3) is 0 Å². The third-order valence-electron chi connectivity index (χ3n) is 22.7. The van der Waals surface area contributed by atoms with Crippen LogP contribution < -0.4 is 18.3 Å². The third-order valence-corrected chi connectivity index (χ3v) is 22.7. The average Bonchev–Trinajstić information content (AvgIpc) is 1.59. The first-order chi connectivity index (χ1) is 57.9. The van der Waals surface area contributed by atoms with E-state index in [0.717, 1.165) is 181 Å². The minimum Gasteiger partial charge on any atom is -0.437 e. The molecule has 0 radical (unpaired) electrons. The number of rotatable bonds is 12. The Morgan fingerprint density at radius 2 is 0.534 bits per heavy atom. The van der Waals surface area contributed by atoms with Crippen molar-refractivity contribution in [3.63, 3.8) is 0 Å². The topological polar surface area (TPSA) is 120 Å². The molecular weight excluding hydrogens is 1450 g/mol. The molecule has 12 heteroatoms. The van der Waals surface area contributed by atoms with Crippen LogP contribution in [0.2, 0.25) is 0 Å². The molecule has 612 valence electrons. The van der Waals surface area contributed by atoms with E-state index in [-0.39, 0.29) is 21.7 Å². The second-order valence-corrected chi connectivity index (χ2v) is 38.8. The van der Waals surface area contributed by atoms with Crippen LogP contribution in [0.25, 0.3) is 133 Å². The summed E-state index contributed by atoms with van der Waals surface area (Å²) in [6, 6.07) is 42.7. The van der Waals surface area contributed by atoms with E-state index in [9.17, 15) is 0 Å². The fourth-order valence-corrected chi connectivity index (χ4v) is 16.7. The minimum absolute atomic E-state index is 0.0436. The van der Waals surface area contributed by atoms with Crippen LogP contribution in [0.4, 0.5) is 0 Å². The van der Waals surface area contributed by atoms with Crippen LogP contribution >= 0.6 is 0 Å². The lowest BCUT2D eigenvalue weighted by Crippen LogP contribution is -2.32. The number of furan rings is 4. The first kappa shape index (κ1) is 77.2. The summed E-state index contributed by atoms with van der Waals surface area (Å²) in [4.78, 5) is 19.0. The van der Waals surface area contributed by atoms with E-state index < -0.39 is 13.7 Å². The highest BCUT2D eigenvalue weighted by molar-refractivity contribution is 6.12. The van der Waals surface area contributed by atoms with Gasteiger partial charge in [0.2, 0.25) is 45.6 Å². The zero-order valence-corrected chi connectivity index (χ0v) is 75.5. The van der Waals surface area contributed by atoms with Crippen molar-refractivity contribution >= 4 is 88.3 Å². The standard InChI is InChI=1S/2C27H33N2O.2C26H31N2O/c2*1-16(2)22-12-11-21-20-10-9-17(3)24(25(20)30-26(21)28-22)23-13-19(14-27(5,6)7)18(4)15-29(23)8;2*1-8-19-10-12-21-20-11-9-16(2)23(24(20)29-25(21)27-19)22-13-18(14-26(4,5)6)17(3)15-28(22)7/h2*9-13,15-16H,14H2,1-8H3;2*9-13,15H,8,14H2,1-7H3/q4*+1/i4D3;;3D3;. The smallest absolute Gasteiger partial charge is 0.227 e. The molecule has 0 spiro atoms. The Balaban J connectivity index is 0.000000142. The van der Waals surface area contributed by atoms with E-state index in [1.54, 1.807) is 12.4 Å². The van der Waals surface area contributed by atoms with Crippen LogP contribution in [0.3, 0.4) is 0 Å². The molecule has 0 unspecified atom stereocenters. The number of aromatic nitrogens is 8. The van der Waals surface area contributed by atoms with Crippen molar-refractivity contribution in [2.24, 2.45) is 49.9 Å². The predicted molar refractivity (Wildman–Crippen MR) is 490 cm³/mol. The lowest BCUT2D eigenvalue weighted by atomic mass is 9.86. The number of nitrogens with zero attached hydrogens (tertiary/aromatic N) is 8. The van der Waals surface area contributed by atoms with Gasteiger partial charge >= 0.3 is 0 Å². The van der Waals surface area contributed by atoms with E-state index in [1.165, 1.54) is 44.8 Å². The summed E-state index contributed by atoms with van der Waals surface area (Å²) < 4.78 is 82.2. The van der Waals surface area contributed by atoms with Gasteiger partial charge in [0, 0.05) is 121 Å². The molecule has 0 fully saturated rings. The lowest BCUT2D eigenvalue weighted by molar-refractivity contribution is -0.660. The maximum absolute atomic E-state index is 8.09. The molecule has 12 aromatic heterocycles. The molecule has 16 rings (SSSR count). The number of hydrogen-bond donors (Lipinski definition) is 0. The van der Waals surface area contributed by atoms with E-state index in [1.807, 2.05) is 41.4 Å². The van der Waals surface area contributed by atoms with Gasteiger partial charge in [0.15, 0.2) is 47.1 Å². The molecule has 0 aliphatic rings. The summed E-state index contributed by atoms with van der Waals surface area (Å²) in [6.45, 7) is 47.8. The average molecular weight is 1580 g/mol. The minimum atomic E-state index is -2.17. The van der Waals surface area contributed by atoms with Crippen molar-refractivity contribution in [2.75, 3.05) is 0 Å². The molecule has 0 atom stereocenters. The fraction of sp³-hybridized carbons (Fsp3) is 0.396. The van der Waals surface area contributed by atoms with Crippen molar-refractivity contribution in [1.82, 2.24) is 19.9 Å². The quantitative estimate of drug-likeness (QED) is 0.111. The number of fused-ring (bicyclic) bond motifs is 12. The molecule has 118 heavy (non-hydrogen) atoms. The summed E-state index contributed by atoms with van der Waals surface area (Å²) in [7, 11) is 8.05. The van der Waals surface area contributed by atoms with E-state index in [0.29, 0.717) is 47.2 Å². The van der Waals surface area contributed by atoms with Crippen molar-refractivity contribution in [3.05, 3.63) is 236 Å². The maximum Gasteiger partial charge on any atom is 0.227 e. The number of aryl methyl sites for hydroxylation is 14. The molecule has 0 saturated carbocycles. The highest BCUT2D eigenvalue weighted by Crippen LogP contribution is 2.44. The molecule has 0 amide bonds. The second-order valence-electron chi connectivity index (χ2n) is 38.8. The zero-order chi connectivity index (χ0) is 90.4. The van der Waals surface area contributed by atoms with Crippen LogP contribution in [0.1, 0.15) is 234 Å². The van der Waals surface area contributed by atoms with Crippen molar-refractivity contribution in [2.45, 2.75) is 230 Å². The first-order valence-corrected chi connectivity index (χ1v) is 42.2. The molecule has 0 aliphatic heterocycles. The van der Waals surface area contributed by atoms with Crippen LogP contribution in [-0.2, 0) is 66.7 Å². The normalized spacial score (nSPS) is 13.3. The summed E-state index contributed by atoms with van der Waals surface area (Å²) in [6.07, 6.45) is 13.2. The Morgan fingerprint density at radius 3 is 0.771 bits per heavy atom. The van der Waals surface area contributed by atoms with Gasteiger partial charge in [-0.2, -0.15) is 0 Å². The van der Waals surface area contributed by atoms with Gasteiger partial charge in [-0.25, -0.2) is 38.2 Å². The second kappa shape index (κ2) is 32.9. The van der Waals surface area contributed by atoms with Crippen LogP contribution in [0, 0.1) is 76.9 Å². The molecule has 4 aromatic carbocycles. The predicted octanol–water partition coefficient (Wildman–Crippen LogP) is 26.1. The maximum atomic E-state index is 8.09. The van der Waals surface area contributed by atoms with Gasteiger partial charge < -0.3 is 17.7 Å². The monoisotopic (exact) mass is 1580 g/mol. The SMILES string of the molecule is CCc1ccc2c(n1)oc1c(-c3cc(CC(C)(C)C)c(C)c[n+]3C)c(C)ccc12.Cc1c[n+](C)c(-c2c(C)ccc3c2oc2nc(C(C)C)ccc23)cc1CC(C)(C)C.[2H]C([2H])([2H])c1c[n+](C)c(-c2c(C)ccc3c2oc2nc(C(C)C)ccc23)cc1CC(C)(C)C.[2H]C([2H])([2H])c1c[n+](C)c(-c2c(C)ccc3c2oc2nc(CC)ccc23)cc1CC(C)(C)C. The summed E-state index contributed by atoms with van der Waals surface area (Å²) >= 11 is 0. The summed E-state index contributed by atoms with van der Waals surface area (Å²) in [5.74, 6) is 0.688. The van der Waals surface area contributed by atoms with Crippen LogP contribution in [-0.4, -0.2) is 19.9 Å². The van der Waals surface area contributed by atoms with Gasteiger partial charge in [-0.3, -0.25) is 0 Å². The lowest BCUT2D eigenvalue weighted by Gasteiger charge is -2.19. The van der Waals surface area contributed by atoms with Crippen LogP contribution in [0.5, 0.6) is 0 Å². The molecule has 0 N–H and O–H groups in total. The van der Waals surface area contributed by atoms with Gasteiger partial charge in [0.1, 0.15) is 28.2 Å². The Kier molecular flexibility index (Phi) is 21.5. The Labute approximate surface area is 709 Å². The van der Waals surface area contributed by atoms with Gasteiger partial charge in [-0.15, -0.1) is 0 Å². The Hall–Kier alpha value is -10.7. The molecular formula is C106H128N8O4+4. The van der Waals surface area contributed by atoms with Crippen molar-refractivity contribution in [3.8, 4) is 45.0 Å². The molecule has 12 heterocycles. The van der Waals surface area contributed by atoms with Gasteiger partial charge in [-0.05, 0) is 220 Å². The largest absolute Gasteiger partial charge is 0.437 e. The summed E-state index contributed by atoms with van der Waals surface area (Å²) in [5.41, 5.74) is 31.8. The number of pyridine rings is 8. The molecule has 0 saturated heterocycles. The molecule has 12 nitrogen and oxygen atoms in total. The molecule has 0 aliphatic carbocycles. The van der Waals surface area contributed by atoms with Gasteiger partial charge in [-0.1, -0.05) is 173 Å². The highest BCUT2D eigenvalue weighted by Gasteiger charge is 2.31. The molecule has 16 aromatic rings. The van der Waals surface area contributed by atoms with E-state index >= 15 is 0 Å². The number of hydrogen-bond acceptors (Lipinski definition) is 8. The van der Waals surface area contributed by atoms with Crippen molar-refractivity contribution < 1.29 is 44.2 Å². The first-order valence-electron chi connectivity index (χ1n) is 45.2. The Morgan fingerprint density at radius 1 is 0.305 bits per heavy atom. The van der Waals surface area contributed by atoms with Gasteiger partial charge in [0.05, 0.1) is 22.3 Å². The molecule has 0 bridgehead atoms. The third kappa shape index (κ3) is 17.8. The van der Waals surface area contributed by atoms with Crippen molar-refractivity contribution in [1.29, 1.82) is 0 Å². The zero-order valence-electron chi connectivity index (χ0n) is 81.5. The summed E-state index contributed by atoms with van der Waals surface area (Å²) in [5, 5.41) is 8.46. The highest BCUT2D eigenvalue weighted by atomic mass is 16.4. The number of benzene rings is 4. The fourth-order valence-electron chi connectivity index (χ4n) is 16.7. The van der Waals surface area contributed by atoms with E-state index in [4.69, 9.17) is 40.8 Å². The Bertz CT molecular complexity index is 6800.